The average molecular weight is 157 g/mol. The minimum absolute atomic E-state index is 0.421. The number of rotatable bonds is 1. The van der Waals surface area contributed by atoms with E-state index in [4.69, 9.17) is 4.74 Å². The third kappa shape index (κ3) is 2.46. The van der Waals surface area contributed by atoms with Crippen LogP contribution < -0.4 is 5.32 Å². The minimum atomic E-state index is 0.421. The van der Waals surface area contributed by atoms with Crippen LogP contribution in [0.1, 0.15) is 20.8 Å². The Hall–Kier alpha value is -0.0800. The van der Waals surface area contributed by atoms with Crippen molar-refractivity contribution in [3.05, 3.63) is 0 Å². The van der Waals surface area contributed by atoms with Gasteiger partial charge in [0.05, 0.1) is 12.7 Å². The van der Waals surface area contributed by atoms with Crippen LogP contribution in [0.25, 0.3) is 0 Å². The second-order valence-corrected chi connectivity index (χ2v) is 3.69. The maximum atomic E-state index is 5.61. The van der Waals surface area contributed by atoms with E-state index in [0.717, 1.165) is 25.6 Å². The lowest BCUT2D eigenvalue weighted by atomic mass is 9.91. The van der Waals surface area contributed by atoms with Gasteiger partial charge in [-0.2, -0.15) is 0 Å². The zero-order valence-corrected chi connectivity index (χ0v) is 7.76. The molecule has 0 aliphatic carbocycles. The summed E-state index contributed by atoms with van der Waals surface area (Å²) in [6.07, 6.45) is 0.421. The summed E-state index contributed by atoms with van der Waals surface area (Å²) in [6, 6.07) is 0. The van der Waals surface area contributed by atoms with Gasteiger partial charge < -0.3 is 10.1 Å². The fourth-order valence-electron chi connectivity index (χ4n) is 1.65. The number of hydrogen-bond donors (Lipinski definition) is 1. The highest BCUT2D eigenvalue weighted by atomic mass is 16.5. The first-order valence-corrected chi connectivity index (χ1v) is 4.54. The molecule has 1 rings (SSSR count). The van der Waals surface area contributed by atoms with Gasteiger partial charge in [-0.05, 0) is 18.8 Å². The predicted octanol–water partition coefficient (Wildman–Crippen LogP) is 1.27. The Morgan fingerprint density at radius 3 is 2.82 bits per heavy atom. The Kier molecular flexibility index (Phi) is 3.34. The van der Waals surface area contributed by atoms with Gasteiger partial charge in [0.15, 0.2) is 0 Å². The Morgan fingerprint density at radius 2 is 2.18 bits per heavy atom. The molecule has 1 saturated heterocycles. The second-order valence-electron chi connectivity index (χ2n) is 3.69. The van der Waals surface area contributed by atoms with Gasteiger partial charge in [0.1, 0.15) is 0 Å². The molecule has 1 aliphatic heterocycles. The van der Waals surface area contributed by atoms with Crippen LogP contribution in [0.4, 0.5) is 0 Å². The van der Waals surface area contributed by atoms with E-state index in [1.807, 2.05) is 0 Å². The second kappa shape index (κ2) is 4.07. The van der Waals surface area contributed by atoms with E-state index in [-0.39, 0.29) is 0 Å². The van der Waals surface area contributed by atoms with Crippen LogP contribution in [0, 0.1) is 11.8 Å². The maximum Gasteiger partial charge on any atom is 0.0594 e. The Bertz CT molecular complexity index is 114. The molecule has 11 heavy (non-hydrogen) atoms. The molecule has 0 saturated carbocycles. The Morgan fingerprint density at radius 1 is 1.45 bits per heavy atom. The van der Waals surface area contributed by atoms with Crippen LogP contribution >= 0.6 is 0 Å². The van der Waals surface area contributed by atoms with Gasteiger partial charge in [0.2, 0.25) is 0 Å². The number of nitrogens with one attached hydrogen (secondary N) is 1. The topological polar surface area (TPSA) is 21.3 Å². The normalized spacial score (nSPS) is 33.8. The first-order valence-electron chi connectivity index (χ1n) is 4.54. The van der Waals surface area contributed by atoms with Crippen molar-refractivity contribution in [2.24, 2.45) is 11.8 Å². The van der Waals surface area contributed by atoms with Crippen LogP contribution in [0.3, 0.4) is 0 Å². The molecular formula is C9H19NO. The van der Waals surface area contributed by atoms with Crippen molar-refractivity contribution < 1.29 is 4.74 Å². The van der Waals surface area contributed by atoms with Crippen LogP contribution in [-0.4, -0.2) is 25.8 Å². The van der Waals surface area contributed by atoms with Crippen molar-refractivity contribution in [2.45, 2.75) is 26.9 Å². The molecule has 1 fully saturated rings. The van der Waals surface area contributed by atoms with Crippen LogP contribution in [0.2, 0.25) is 0 Å². The molecule has 2 heteroatoms. The van der Waals surface area contributed by atoms with Crippen molar-refractivity contribution in [1.82, 2.24) is 5.32 Å². The van der Waals surface area contributed by atoms with Gasteiger partial charge in [0, 0.05) is 13.1 Å². The summed E-state index contributed by atoms with van der Waals surface area (Å²) in [4.78, 5) is 0. The van der Waals surface area contributed by atoms with E-state index in [1.54, 1.807) is 0 Å². The first-order chi connectivity index (χ1) is 5.22. The SMILES string of the molecule is CC(C)C1CNCCOC1C. The van der Waals surface area contributed by atoms with Gasteiger partial charge in [-0.3, -0.25) is 0 Å². The zero-order chi connectivity index (χ0) is 8.27. The van der Waals surface area contributed by atoms with E-state index in [2.05, 4.69) is 26.1 Å². The minimum Gasteiger partial charge on any atom is -0.377 e. The highest BCUT2D eigenvalue weighted by Gasteiger charge is 2.22. The lowest BCUT2D eigenvalue weighted by Gasteiger charge is -2.24. The summed E-state index contributed by atoms with van der Waals surface area (Å²) in [6.45, 7) is 9.68. The molecule has 0 aromatic heterocycles. The third-order valence-corrected chi connectivity index (χ3v) is 2.50. The molecule has 0 aromatic rings. The quantitative estimate of drug-likeness (QED) is 0.619. The Balaban J connectivity index is 2.45. The number of hydrogen-bond acceptors (Lipinski definition) is 2. The third-order valence-electron chi connectivity index (χ3n) is 2.50. The standard InChI is InChI=1S/C9H19NO/c1-7(2)9-6-10-4-5-11-8(9)3/h7-10H,4-6H2,1-3H3. The van der Waals surface area contributed by atoms with Gasteiger partial charge in [-0.25, -0.2) is 0 Å². The highest BCUT2D eigenvalue weighted by molar-refractivity contribution is 4.74. The van der Waals surface area contributed by atoms with Crippen molar-refractivity contribution in [2.75, 3.05) is 19.7 Å². The van der Waals surface area contributed by atoms with Gasteiger partial charge in [-0.15, -0.1) is 0 Å². The van der Waals surface area contributed by atoms with Crippen molar-refractivity contribution in [3.63, 3.8) is 0 Å². The summed E-state index contributed by atoms with van der Waals surface area (Å²) in [5, 5.41) is 3.38. The number of ether oxygens (including phenoxy) is 1. The molecule has 1 heterocycles. The van der Waals surface area contributed by atoms with Crippen LogP contribution in [0.15, 0.2) is 0 Å². The Labute approximate surface area is 69.3 Å². The lowest BCUT2D eigenvalue weighted by molar-refractivity contribution is 0.0311. The molecule has 0 spiro atoms. The summed E-state index contributed by atoms with van der Waals surface area (Å²) in [5.41, 5.74) is 0. The van der Waals surface area contributed by atoms with Gasteiger partial charge in [0.25, 0.3) is 0 Å². The van der Waals surface area contributed by atoms with Gasteiger partial charge >= 0.3 is 0 Å². The van der Waals surface area contributed by atoms with E-state index >= 15 is 0 Å². The largest absolute Gasteiger partial charge is 0.377 e. The van der Waals surface area contributed by atoms with E-state index in [1.165, 1.54) is 0 Å². The summed E-state index contributed by atoms with van der Waals surface area (Å²) >= 11 is 0. The van der Waals surface area contributed by atoms with E-state index < -0.39 is 0 Å². The highest BCUT2D eigenvalue weighted by Crippen LogP contribution is 2.18. The molecule has 0 amide bonds. The van der Waals surface area contributed by atoms with E-state index in [0.29, 0.717) is 12.0 Å². The zero-order valence-electron chi connectivity index (χ0n) is 7.76. The summed E-state index contributed by atoms with van der Waals surface area (Å²) in [5.74, 6) is 1.40. The smallest absolute Gasteiger partial charge is 0.0594 e. The molecule has 1 N–H and O–H groups in total. The molecule has 2 atom stereocenters. The molecule has 0 radical (unpaired) electrons. The summed E-state index contributed by atoms with van der Waals surface area (Å²) in [7, 11) is 0. The molecule has 66 valence electrons. The van der Waals surface area contributed by atoms with Crippen LogP contribution in [0.5, 0.6) is 0 Å². The molecule has 1 aliphatic rings. The lowest BCUT2D eigenvalue weighted by Crippen LogP contribution is -2.30. The molecule has 0 aromatic carbocycles. The molecule has 0 bridgehead atoms. The fraction of sp³-hybridized carbons (Fsp3) is 1.00. The summed E-state index contributed by atoms with van der Waals surface area (Å²) < 4.78 is 5.61. The fourth-order valence-corrected chi connectivity index (χ4v) is 1.65. The van der Waals surface area contributed by atoms with Gasteiger partial charge in [-0.1, -0.05) is 13.8 Å². The predicted molar refractivity (Wildman–Crippen MR) is 46.6 cm³/mol. The van der Waals surface area contributed by atoms with Crippen molar-refractivity contribution in [1.29, 1.82) is 0 Å². The first kappa shape index (κ1) is 9.01. The van der Waals surface area contributed by atoms with Crippen molar-refractivity contribution >= 4 is 0 Å². The average Bonchev–Trinajstić information content (AvgIpc) is 2.13. The maximum absolute atomic E-state index is 5.61. The molecule has 2 nitrogen and oxygen atoms in total. The van der Waals surface area contributed by atoms with Crippen LogP contribution in [-0.2, 0) is 4.74 Å². The monoisotopic (exact) mass is 157 g/mol. The van der Waals surface area contributed by atoms with E-state index in [9.17, 15) is 0 Å². The molecular weight excluding hydrogens is 138 g/mol. The molecule has 2 unspecified atom stereocenters. The van der Waals surface area contributed by atoms with Crippen molar-refractivity contribution in [3.8, 4) is 0 Å².